The van der Waals surface area contributed by atoms with Crippen molar-refractivity contribution in [1.29, 1.82) is 0 Å². The van der Waals surface area contributed by atoms with Crippen molar-refractivity contribution >= 4 is 5.91 Å². The smallest absolute Gasteiger partial charge is 0.253 e. The molecule has 3 heteroatoms. The van der Waals surface area contributed by atoms with Crippen molar-refractivity contribution in [2.45, 2.75) is 32.7 Å². The van der Waals surface area contributed by atoms with Crippen LogP contribution in [0.25, 0.3) is 0 Å². The number of carbonyl (C=O) groups excluding carboxylic acids is 1. The Balaban J connectivity index is 1.62. The molecule has 2 fully saturated rings. The lowest BCUT2D eigenvalue weighted by molar-refractivity contribution is 0.0791. The number of hydrogen-bond acceptors (Lipinski definition) is 2. The molecule has 0 aromatic heterocycles. The fourth-order valence-electron chi connectivity index (χ4n) is 3.23. The van der Waals surface area contributed by atoms with E-state index >= 15 is 0 Å². The summed E-state index contributed by atoms with van der Waals surface area (Å²) in [6, 6.07) is 8.20. The second-order valence-corrected chi connectivity index (χ2v) is 6.17. The van der Waals surface area contributed by atoms with Gasteiger partial charge in [0, 0.05) is 38.3 Å². The molecule has 1 aromatic carbocycles. The average Bonchev–Trinajstić information content (AvgIpc) is 2.96. The number of hydrogen-bond donors (Lipinski definition) is 0. The minimum atomic E-state index is 0.208. The van der Waals surface area contributed by atoms with Gasteiger partial charge in [-0.15, -0.1) is 0 Å². The molecule has 0 atom stereocenters. The van der Waals surface area contributed by atoms with Gasteiger partial charge in [-0.2, -0.15) is 0 Å². The molecule has 20 heavy (non-hydrogen) atoms. The van der Waals surface area contributed by atoms with Crippen LogP contribution in [0.15, 0.2) is 24.3 Å². The molecule has 2 saturated heterocycles. The Hall–Kier alpha value is -1.35. The molecule has 3 nitrogen and oxygen atoms in total. The summed E-state index contributed by atoms with van der Waals surface area (Å²) in [6.45, 7) is 7.51. The summed E-state index contributed by atoms with van der Waals surface area (Å²) < 4.78 is 0. The molecule has 0 unspecified atom stereocenters. The van der Waals surface area contributed by atoms with Crippen molar-refractivity contribution in [3.63, 3.8) is 0 Å². The van der Waals surface area contributed by atoms with Crippen LogP contribution < -0.4 is 0 Å². The Morgan fingerprint density at radius 3 is 2.70 bits per heavy atom. The fourth-order valence-corrected chi connectivity index (χ4v) is 3.23. The van der Waals surface area contributed by atoms with E-state index in [4.69, 9.17) is 0 Å². The minimum absolute atomic E-state index is 0.208. The summed E-state index contributed by atoms with van der Waals surface area (Å²) >= 11 is 0. The van der Waals surface area contributed by atoms with Crippen LogP contribution in [-0.4, -0.2) is 41.9 Å². The van der Waals surface area contributed by atoms with Gasteiger partial charge in [-0.1, -0.05) is 25.5 Å². The van der Waals surface area contributed by atoms with Gasteiger partial charge in [-0.05, 0) is 36.5 Å². The lowest BCUT2D eigenvalue weighted by Crippen LogP contribution is -2.45. The molecule has 0 radical (unpaired) electrons. The van der Waals surface area contributed by atoms with Gasteiger partial charge >= 0.3 is 0 Å². The van der Waals surface area contributed by atoms with E-state index in [1.54, 1.807) is 0 Å². The van der Waals surface area contributed by atoms with Crippen molar-refractivity contribution in [2.75, 3.05) is 26.2 Å². The third-order valence-corrected chi connectivity index (χ3v) is 4.58. The maximum absolute atomic E-state index is 12.4. The predicted octanol–water partition coefficient (Wildman–Crippen LogP) is 2.76. The largest absolute Gasteiger partial charge is 0.339 e. The van der Waals surface area contributed by atoms with E-state index < -0.39 is 0 Å². The SMILES string of the molecule is CCC1CN(Cc2cccc(C(=O)N3CCCC3)c2)C1. The molecule has 2 aliphatic rings. The highest BCUT2D eigenvalue weighted by molar-refractivity contribution is 5.94. The Kier molecular flexibility index (Phi) is 4.06. The number of rotatable bonds is 4. The van der Waals surface area contributed by atoms with Gasteiger partial charge in [0.2, 0.25) is 0 Å². The highest BCUT2D eigenvalue weighted by Gasteiger charge is 2.25. The van der Waals surface area contributed by atoms with Crippen molar-refractivity contribution in [3.8, 4) is 0 Å². The molecular weight excluding hydrogens is 248 g/mol. The van der Waals surface area contributed by atoms with Gasteiger partial charge in [-0.25, -0.2) is 0 Å². The number of nitrogens with zero attached hydrogens (tertiary/aromatic N) is 2. The second-order valence-electron chi connectivity index (χ2n) is 6.17. The third kappa shape index (κ3) is 2.88. The Morgan fingerprint density at radius 2 is 2.00 bits per heavy atom. The molecule has 3 rings (SSSR count). The highest BCUT2D eigenvalue weighted by Crippen LogP contribution is 2.22. The first kappa shape index (κ1) is 13.6. The van der Waals surface area contributed by atoms with Crippen LogP contribution >= 0.6 is 0 Å². The molecule has 0 aliphatic carbocycles. The minimum Gasteiger partial charge on any atom is -0.339 e. The van der Waals surface area contributed by atoms with E-state index in [2.05, 4.69) is 24.0 Å². The van der Waals surface area contributed by atoms with E-state index in [0.717, 1.165) is 44.0 Å². The van der Waals surface area contributed by atoms with Crippen LogP contribution in [-0.2, 0) is 6.54 Å². The van der Waals surface area contributed by atoms with Gasteiger partial charge < -0.3 is 4.90 Å². The maximum atomic E-state index is 12.4. The summed E-state index contributed by atoms with van der Waals surface area (Å²) in [5, 5.41) is 0. The third-order valence-electron chi connectivity index (χ3n) is 4.58. The standard InChI is InChI=1S/C17H24N2O/c1-2-14-11-18(12-14)13-15-6-5-7-16(10-15)17(20)19-8-3-4-9-19/h5-7,10,14H,2-4,8-9,11-13H2,1H3. The van der Waals surface area contributed by atoms with Gasteiger partial charge in [-0.3, -0.25) is 9.69 Å². The molecule has 1 amide bonds. The van der Waals surface area contributed by atoms with Gasteiger partial charge in [0.25, 0.3) is 5.91 Å². The topological polar surface area (TPSA) is 23.6 Å². The Bertz CT molecular complexity index is 474. The summed E-state index contributed by atoms with van der Waals surface area (Å²) in [5.41, 5.74) is 2.13. The van der Waals surface area contributed by atoms with Crippen LogP contribution in [0, 0.1) is 5.92 Å². The zero-order chi connectivity index (χ0) is 13.9. The molecule has 0 saturated carbocycles. The predicted molar refractivity (Wildman–Crippen MR) is 80.6 cm³/mol. The van der Waals surface area contributed by atoms with Crippen molar-refractivity contribution < 1.29 is 4.79 Å². The molecule has 1 aromatic rings. The first-order chi connectivity index (χ1) is 9.76. The van der Waals surface area contributed by atoms with Crippen molar-refractivity contribution in [3.05, 3.63) is 35.4 Å². The number of carbonyl (C=O) groups is 1. The van der Waals surface area contributed by atoms with Gasteiger partial charge in [0.15, 0.2) is 0 Å². The molecule has 2 heterocycles. The van der Waals surface area contributed by atoms with Gasteiger partial charge in [0.05, 0.1) is 0 Å². The maximum Gasteiger partial charge on any atom is 0.253 e. The van der Waals surface area contributed by atoms with Crippen LogP contribution in [0.4, 0.5) is 0 Å². The van der Waals surface area contributed by atoms with E-state index in [1.807, 2.05) is 17.0 Å². The van der Waals surface area contributed by atoms with Crippen LogP contribution in [0.1, 0.15) is 42.1 Å². The van der Waals surface area contributed by atoms with E-state index in [0.29, 0.717) is 0 Å². The van der Waals surface area contributed by atoms with Crippen LogP contribution in [0.5, 0.6) is 0 Å². The quantitative estimate of drug-likeness (QED) is 0.841. The fraction of sp³-hybridized carbons (Fsp3) is 0.588. The first-order valence-corrected chi connectivity index (χ1v) is 7.87. The molecule has 0 N–H and O–H groups in total. The number of likely N-dealkylation sites (tertiary alicyclic amines) is 2. The summed E-state index contributed by atoms with van der Waals surface area (Å²) in [6.07, 6.45) is 3.58. The summed E-state index contributed by atoms with van der Waals surface area (Å²) in [4.78, 5) is 16.8. The highest BCUT2D eigenvalue weighted by atomic mass is 16.2. The lowest BCUT2D eigenvalue weighted by Gasteiger charge is -2.39. The molecular formula is C17H24N2O. The zero-order valence-electron chi connectivity index (χ0n) is 12.3. The molecule has 0 spiro atoms. The van der Waals surface area contributed by atoms with Gasteiger partial charge in [0.1, 0.15) is 0 Å². The normalized spacial score (nSPS) is 20.1. The summed E-state index contributed by atoms with van der Waals surface area (Å²) in [5.74, 6) is 1.09. The number of benzene rings is 1. The van der Waals surface area contributed by atoms with Crippen molar-refractivity contribution in [1.82, 2.24) is 9.80 Å². The zero-order valence-corrected chi connectivity index (χ0v) is 12.3. The monoisotopic (exact) mass is 272 g/mol. The van der Waals surface area contributed by atoms with Crippen LogP contribution in [0.3, 0.4) is 0 Å². The summed E-state index contributed by atoms with van der Waals surface area (Å²) in [7, 11) is 0. The molecule has 108 valence electrons. The van der Waals surface area contributed by atoms with Crippen LogP contribution in [0.2, 0.25) is 0 Å². The Morgan fingerprint density at radius 1 is 1.25 bits per heavy atom. The number of amides is 1. The van der Waals surface area contributed by atoms with E-state index in [9.17, 15) is 4.79 Å². The second kappa shape index (κ2) is 5.96. The first-order valence-electron chi connectivity index (χ1n) is 7.87. The Labute approximate surface area is 121 Å². The van der Waals surface area contributed by atoms with E-state index in [1.165, 1.54) is 25.1 Å². The lowest BCUT2D eigenvalue weighted by atomic mass is 9.96. The molecule has 2 aliphatic heterocycles. The molecule has 0 bridgehead atoms. The van der Waals surface area contributed by atoms with Crippen molar-refractivity contribution in [2.24, 2.45) is 5.92 Å². The van der Waals surface area contributed by atoms with E-state index in [-0.39, 0.29) is 5.91 Å². The average molecular weight is 272 g/mol.